The van der Waals surface area contributed by atoms with Gasteiger partial charge in [-0.1, -0.05) is 20.8 Å². The van der Waals surface area contributed by atoms with Crippen molar-refractivity contribution in [3.63, 3.8) is 0 Å². The van der Waals surface area contributed by atoms with E-state index in [1.807, 2.05) is 41.5 Å². The number of thioether (sulfide) groups is 1. The molecule has 8 heteroatoms. The van der Waals surface area contributed by atoms with E-state index in [1.54, 1.807) is 16.7 Å². The number of fused-ring (bicyclic) bond motifs is 1. The van der Waals surface area contributed by atoms with Gasteiger partial charge in [-0.05, 0) is 52.9 Å². The monoisotopic (exact) mass is 453 g/mol. The zero-order valence-corrected chi connectivity index (χ0v) is 20.8. The summed E-state index contributed by atoms with van der Waals surface area (Å²) in [5.41, 5.74) is -0.448. The number of aliphatic hydroxyl groups excluding tert-OH is 1. The number of rotatable bonds is 7. The molecule has 3 aliphatic rings. The maximum atomic E-state index is 13.9. The summed E-state index contributed by atoms with van der Waals surface area (Å²) in [6.07, 6.45) is 2.34. The minimum Gasteiger partial charge on any atom is -0.394 e. The van der Waals surface area contributed by atoms with Crippen LogP contribution in [0.5, 0.6) is 0 Å². The lowest BCUT2D eigenvalue weighted by Crippen LogP contribution is -2.60. The molecule has 3 fully saturated rings. The summed E-state index contributed by atoms with van der Waals surface area (Å²) in [6, 6.07) is -1.16. The second-order valence-electron chi connectivity index (χ2n) is 11.0. The van der Waals surface area contributed by atoms with Crippen LogP contribution in [-0.2, 0) is 14.4 Å². The van der Waals surface area contributed by atoms with Crippen LogP contribution >= 0.6 is 11.8 Å². The molecule has 0 saturated carbocycles. The quantitative estimate of drug-likeness (QED) is 0.547. The molecule has 2 unspecified atom stereocenters. The van der Waals surface area contributed by atoms with Gasteiger partial charge in [-0.2, -0.15) is 0 Å². The molecule has 7 nitrogen and oxygen atoms in total. The third-order valence-electron chi connectivity index (χ3n) is 7.11. The molecular formula is C23H39N3O4S. The van der Waals surface area contributed by atoms with Gasteiger partial charge in [-0.25, -0.2) is 0 Å². The van der Waals surface area contributed by atoms with Crippen molar-refractivity contribution >= 4 is 29.5 Å². The first kappa shape index (κ1) is 24.4. The summed E-state index contributed by atoms with van der Waals surface area (Å²) >= 11 is 1.67. The van der Waals surface area contributed by atoms with E-state index in [9.17, 15) is 19.5 Å². The minimum absolute atomic E-state index is 0.0146. The molecule has 0 radical (unpaired) electrons. The molecule has 3 amide bonds. The number of aliphatic hydroxyl groups is 1. The summed E-state index contributed by atoms with van der Waals surface area (Å²) in [4.78, 5) is 42.4. The topological polar surface area (TPSA) is 98.7 Å². The molecule has 176 valence electrons. The summed E-state index contributed by atoms with van der Waals surface area (Å²) in [5.74, 6) is -1.45. The number of hydrogen-bond donors (Lipinski definition) is 3. The number of nitrogens with zero attached hydrogens (tertiary/aromatic N) is 1. The maximum absolute atomic E-state index is 13.9. The Balaban J connectivity index is 2.09. The molecule has 31 heavy (non-hydrogen) atoms. The van der Waals surface area contributed by atoms with Gasteiger partial charge in [0.1, 0.15) is 6.04 Å². The van der Waals surface area contributed by atoms with Gasteiger partial charge in [-0.3, -0.25) is 14.4 Å². The second-order valence-corrected chi connectivity index (χ2v) is 12.9. The molecule has 0 aromatic carbocycles. The molecule has 0 aromatic heterocycles. The van der Waals surface area contributed by atoms with Crippen LogP contribution in [0.15, 0.2) is 0 Å². The van der Waals surface area contributed by atoms with Gasteiger partial charge in [0.2, 0.25) is 17.7 Å². The predicted octanol–water partition coefficient (Wildman–Crippen LogP) is 1.93. The Labute approximate surface area is 190 Å². The van der Waals surface area contributed by atoms with Crippen molar-refractivity contribution in [3.8, 4) is 0 Å². The van der Waals surface area contributed by atoms with Gasteiger partial charge in [-0.15, -0.1) is 11.8 Å². The van der Waals surface area contributed by atoms with Gasteiger partial charge >= 0.3 is 0 Å². The van der Waals surface area contributed by atoms with Crippen molar-refractivity contribution in [1.29, 1.82) is 0 Å². The van der Waals surface area contributed by atoms with E-state index in [-0.39, 0.29) is 35.0 Å². The van der Waals surface area contributed by atoms with Crippen molar-refractivity contribution in [2.75, 3.05) is 13.2 Å². The van der Waals surface area contributed by atoms with E-state index in [4.69, 9.17) is 0 Å². The molecule has 0 aromatic rings. The van der Waals surface area contributed by atoms with E-state index in [2.05, 4.69) is 17.6 Å². The fraction of sp³-hybridized carbons (Fsp3) is 0.870. The van der Waals surface area contributed by atoms with Crippen LogP contribution < -0.4 is 10.6 Å². The third kappa shape index (κ3) is 3.88. The van der Waals surface area contributed by atoms with Gasteiger partial charge < -0.3 is 20.6 Å². The van der Waals surface area contributed by atoms with E-state index in [0.29, 0.717) is 6.54 Å². The van der Waals surface area contributed by atoms with Crippen LogP contribution in [0.1, 0.15) is 67.7 Å². The molecular weight excluding hydrogens is 414 g/mol. The first-order valence-corrected chi connectivity index (χ1v) is 12.4. The molecule has 6 atom stereocenters. The Hall–Kier alpha value is -1.28. The fourth-order valence-corrected chi connectivity index (χ4v) is 8.18. The molecule has 1 spiro atoms. The fourth-order valence-electron chi connectivity index (χ4n) is 5.84. The summed E-state index contributed by atoms with van der Waals surface area (Å²) in [5, 5.41) is 16.3. The van der Waals surface area contributed by atoms with Crippen molar-refractivity contribution in [1.82, 2.24) is 15.5 Å². The number of hydrogen-bond acceptors (Lipinski definition) is 5. The van der Waals surface area contributed by atoms with Crippen LogP contribution in [0.25, 0.3) is 0 Å². The number of amides is 3. The molecule has 2 bridgehead atoms. The summed E-state index contributed by atoms with van der Waals surface area (Å²) in [7, 11) is 0. The van der Waals surface area contributed by atoms with Crippen LogP contribution in [0.3, 0.4) is 0 Å². The first-order valence-electron chi connectivity index (χ1n) is 11.6. The standard InChI is InChI=1S/C23H39N3O4S/c1-8-11-24-18(28)15-16-20(30)26(14(12-27)13(2)3)17(19(29)25-21(4,5)6)23(16)10-9-22(15,7)31-23/h13-17,27H,8-12H2,1-7H3,(H,24,28)(H,25,29)/t14-,15+,16-,17?,22-,23?/m0/s1. The second kappa shape index (κ2) is 8.25. The van der Waals surface area contributed by atoms with Crippen LogP contribution in [-0.4, -0.2) is 68.0 Å². The van der Waals surface area contributed by atoms with Gasteiger partial charge in [0, 0.05) is 16.8 Å². The maximum Gasteiger partial charge on any atom is 0.244 e. The molecule has 3 saturated heterocycles. The average molecular weight is 454 g/mol. The largest absolute Gasteiger partial charge is 0.394 e. The molecule has 3 aliphatic heterocycles. The number of likely N-dealkylation sites (tertiary alicyclic amines) is 1. The van der Waals surface area contributed by atoms with Crippen molar-refractivity contribution in [2.24, 2.45) is 17.8 Å². The Morgan fingerprint density at radius 3 is 2.42 bits per heavy atom. The zero-order chi connectivity index (χ0) is 23.4. The van der Waals surface area contributed by atoms with Gasteiger partial charge in [0.05, 0.1) is 29.2 Å². The van der Waals surface area contributed by atoms with E-state index in [1.165, 1.54) is 0 Å². The average Bonchev–Trinajstić information content (AvgIpc) is 3.20. The highest BCUT2D eigenvalue weighted by atomic mass is 32.2. The molecule has 3 heterocycles. The Morgan fingerprint density at radius 2 is 1.90 bits per heavy atom. The number of nitrogens with one attached hydrogen (secondary N) is 2. The Kier molecular flexibility index (Phi) is 6.48. The van der Waals surface area contributed by atoms with E-state index < -0.39 is 34.2 Å². The predicted molar refractivity (Wildman–Crippen MR) is 122 cm³/mol. The minimum atomic E-state index is -0.695. The lowest BCUT2D eigenvalue weighted by molar-refractivity contribution is -0.144. The van der Waals surface area contributed by atoms with Gasteiger partial charge in [0.25, 0.3) is 0 Å². The first-order chi connectivity index (χ1) is 14.3. The summed E-state index contributed by atoms with van der Waals surface area (Å²) in [6.45, 7) is 14.1. The SMILES string of the molecule is CCCNC(=O)[C@H]1[C@H]2C(=O)N([C@@H](CO)C(C)C)C(C(=O)NC(C)(C)C)C23CC[C@]1(C)S3. The van der Waals surface area contributed by atoms with Crippen LogP contribution in [0.2, 0.25) is 0 Å². The van der Waals surface area contributed by atoms with Crippen LogP contribution in [0.4, 0.5) is 0 Å². The lowest BCUT2D eigenvalue weighted by atomic mass is 9.66. The highest BCUT2D eigenvalue weighted by Gasteiger charge is 2.77. The lowest BCUT2D eigenvalue weighted by Gasteiger charge is -2.39. The third-order valence-corrected chi connectivity index (χ3v) is 9.09. The normalized spacial score (nSPS) is 35.5. The Morgan fingerprint density at radius 1 is 1.26 bits per heavy atom. The highest BCUT2D eigenvalue weighted by molar-refractivity contribution is 8.02. The van der Waals surface area contributed by atoms with E-state index in [0.717, 1.165) is 19.3 Å². The van der Waals surface area contributed by atoms with E-state index >= 15 is 0 Å². The van der Waals surface area contributed by atoms with Crippen LogP contribution in [0, 0.1) is 17.8 Å². The van der Waals surface area contributed by atoms with Crippen molar-refractivity contribution in [3.05, 3.63) is 0 Å². The zero-order valence-electron chi connectivity index (χ0n) is 19.9. The highest BCUT2D eigenvalue weighted by Crippen LogP contribution is 2.71. The van der Waals surface area contributed by atoms with Crippen molar-refractivity contribution in [2.45, 2.75) is 94.8 Å². The van der Waals surface area contributed by atoms with Crippen molar-refractivity contribution < 1.29 is 19.5 Å². The Bertz CT molecular complexity index is 752. The molecule has 0 aliphatic carbocycles. The molecule has 3 N–H and O–H groups in total. The summed E-state index contributed by atoms with van der Waals surface area (Å²) < 4.78 is -1.01. The smallest absolute Gasteiger partial charge is 0.244 e. The van der Waals surface area contributed by atoms with Gasteiger partial charge in [0.15, 0.2) is 0 Å². The number of carbonyl (C=O) groups excluding carboxylic acids is 3. The molecule has 3 rings (SSSR count). The number of carbonyl (C=O) groups is 3.